The van der Waals surface area contributed by atoms with E-state index in [1.54, 1.807) is 11.3 Å². The number of thiophene rings is 1. The summed E-state index contributed by atoms with van der Waals surface area (Å²) in [7, 11) is 0. The molecular weight excluding hydrogens is 378 g/mol. The molecule has 1 aromatic carbocycles. The number of benzene rings is 1. The number of H-pyrrole nitrogens is 1. The third kappa shape index (κ3) is 4.40. The van der Waals surface area contributed by atoms with Crippen LogP contribution in [0.3, 0.4) is 0 Å². The number of aromatic nitrogens is 1. The van der Waals surface area contributed by atoms with E-state index in [9.17, 15) is 14.4 Å². The summed E-state index contributed by atoms with van der Waals surface area (Å²) >= 11 is 1.62. The number of carbonyl (C=O) groups excluding carboxylic acids is 3. The summed E-state index contributed by atoms with van der Waals surface area (Å²) in [6, 6.07) is 9.18. The average Bonchev–Trinajstić information content (AvgIpc) is 3.26. The van der Waals surface area contributed by atoms with Gasteiger partial charge in [-0.05, 0) is 49.4 Å². The lowest BCUT2D eigenvalue weighted by Gasteiger charge is -2.12. The van der Waals surface area contributed by atoms with Gasteiger partial charge in [0, 0.05) is 17.3 Å². The molecule has 2 heterocycles. The van der Waals surface area contributed by atoms with E-state index in [1.165, 1.54) is 6.92 Å². The van der Waals surface area contributed by atoms with E-state index < -0.39 is 24.0 Å². The van der Waals surface area contributed by atoms with Crippen LogP contribution in [-0.4, -0.2) is 29.0 Å². The van der Waals surface area contributed by atoms with E-state index >= 15 is 0 Å². The monoisotopic (exact) mass is 399 g/mol. The molecule has 0 saturated carbocycles. The Balaban J connectivity index is 1.77. The molecule has 7 nitrogen and oxygen atoms in total. The van der Waals surface area contributed by atoms with Crippen molar-refractivity contribution in [3.63, 3.8) is 0 Å². The summed E-state index contributed by atoms with van der Waals surface area (Å²) in [6.07, 6.45) is -0.533. The molecule has 1 atom stereocenters. The molecular formula is C20H21N3O4S. The number of hydrogen-bond donors (Lipinski definition) is 3. The Hall–Kier alpha value is -3.13. The third-order valence-corrected chi connectivity index (χ3v) is 5.22. The number of nitrogens with one attached hydrogen (secondary N) is 2. The highest BCUT2D eigenvalue weighted by atomic mass is 32.1. The number of urea groups is 1. The van der Waals surface area contributed by atoms with Crippen molar-refractivity contribution >= 4 is 40.1 Å². The molecule has 0 unspecified atom stereocenters. The number of amides is 3. The van der Waals surface area contributed by atoms with Crippen molar-refractivity contribution in [1.82, 2.24) is 10.3 Å². The number of aromatic amines is 1. The molecule has 0 spiro atoms. The SMILES string of the molecule is Cc1ccc2[nH]c(-c3cccs3)c(CCC(=O)O[C@@H](C)C(=O)NC(N)=O)c2c1. The molecule has 0 aliphatic heterocycles. The van der Waals surface area contributed by atoms with Crippen molar-refractivity contribution in [3.05, 3.63) is 46.8 Å². The van der Waals surface area contributed by atoms with Crippen molar-refractivity contribution in [2.24, 2.45) is 5.73 Å². The number of hydrogen-bond acceptors (Lipinski definition) is 5. The van der Waals surface area contributed by atoms with Gasteiger partial charge in [-0.1, -0.05) is 17.7 Å². The minimum Gasteiger partial charge on any atom is -0.453 e. The first-order valence-electron chi connectivity index (χ1n) is 8.80. The second-order valence-electron chi connectivity index (χ2n) is 6.49. The molecule has 0 saturated heterocycles. The van der Waals surface area contributed by atoms with Gasteiger partial charge in [0.1, 0.15) is 0 Å². The van der Waals surface area contributed by atoms with E-state index in [2.05, 4.69) is 11.1 Å². The Morgan fingerprint density at radius 1 is 1.29 bits per heavy atom. The zero-order valence-corrected chi connectivity index (χ0v) is 16.4. The third-order valence-electron chi connectivity index (χ3n) is 4.33. The van der Waals surface area contributed by atoms with E-state index in [4.69, 9.17) is 10.5 Å². The van der Waals surface area contributed by atoms with Gasteiger partial charge in [0.2, 0.25) is 0 Å². The standard InChI is InChI=1S/C20H21N3O4S/c1-11-5-7-15-14(10-11)13(18(22-15)16-4-3-9-28-16)6-8-17(24)27-12(2)19(25)23-20(21)26/h3-5,7,9-10,12,22H,6,8H2,1-2H3,(H3,21,23,25,26)/t12-/m0/s1. The number of nitrogens with two attached hydrogens (primary N) is 1. The van der Waals surface area contributed by atoms with E-state index in [0.717, 1.165) is 32.6 Å². The van der Waals surface area contributed by atoms with Crippen LogP contribution in [0, 0.1) is 6.92 Å². The number of rotatable bonds is 6. The number of fused-ring (bicyclic) bond motifs is 1. The molecule has 4 N–H and O–H groups in total. The molecule has 2 aromatic heterocycles. The van der Waals surface area contributed by atoms with Crippen LogP contribution in [0.2, 0.25) is 0 Å². The minimum atomic E-state index is -1.10. The van der Waals surface area contributed by atoms with E-state index in [-0.39, 0.29) is 6.42 Å². The summed E-state index contributed by atoms with van der Waals surface area (Å²) < 4.78 is 5.11. The maximum absolute atomic E-state index is 12.2. The fourth-order valence-electron chi connectivity index (χ4n) is 3.01. The van der Waals surface area contributed by atoms with Crippen LogP contribution >= 0.6 is 11.3 Å². The highest BCUT2D eigenvalue weighted by Gasteiger charge is 2.20. The Kier molecular flexibility index (Phi) is 5.79. The van der Waals surface area contributed by atoms with E-state index in [1.807, 2.05) is 41.9 Å². The van der Waals surface area contributed by atoms with Gasteiger partial charge in [0.25, 0.3) is 5.91 Å². The number of aryl methyl sites for hydroxylation is 2. The van der Waals surface area contributed by atoms with Gasteiger partial charge >= 0.3 is 12.0 Å². The smallest absolute Gasteiger partial charge is 0.318 e. The lowest BCUT2D eigenvalue weighted by molar-refractivity contribution is -0.154. The minimum absolute atomic E-state index is 0.105. The average molecular weight is 399 g/mol. The first-order chi connectivity index (χ1) is 13.3. The van der Waals surface area contributed by atoms with Gasteiger partial charge in [-0.2, -0.15) is 0 Å². The highest BCUT2D eigenvalue weighted by molar-refractivity contribution is 7.13. The molecule has 0 aliphatic carbocycles. The van der Waals surface area contributed by atoms with Crippen LogP contribution in [0.4, 0.5) is 4.79 Å². The molecule has 0 radical (unpaired) electrons. The molecule has 28 heavy (non-hydrogen) atoms. The molecule has 146 valence electrons. The van der Waals surface area contributed by atoms with Crippen LogP contribution in [0.25, 0.3) is 21.5 Å². The maximum Gasteiger partial charge on any atom is 0.318 e. The van der Waals surface area contributed by atoms with E-state index in [0.29, 0.717) is 6.42 Å². The predicted molar refractivity (Wildman–Crippen MR) is 108 cm³/mol. The van der Waals surface area contributed by atoms with Crippen molar-refractivity contribution < 1.29 is 19.1 Å². The molecule has 3 rings (SSSR count). The van der Waals surface area contributed by atoms with Crippen molar-refractivity contribution in [3.8, 4) is 10.6 Å². The second-order valence-corrected chi connectivity index (χ2v) is 7.44. The first kappa shape index (κ1) is 19.6. The molecule has 0 fully saturated rings. The fraction of sp³-hybridized carbons (Fsp3) is 0.250. The molecule has 8 heteroatoms. The van der Waals surface area contributed by atoms with Crippen LogP contribution < -0.4 is 11.1 Å². The van der Waals surface area contributed by atoms with Crippen LogP contribution in [-0.2, 0) is 20.7 Å². The maximum atomic E-state index is 12.2. The van der Waals surface area contributed by atoms with Gasteiger partial charge in [0.15, 0.2) is 6.10 Å². The Morgan fingerprint density at radius 2 is 2.07 bits per heavy atom. The van der Waals surface area contributed by atoms with Gasteiger partial charge in [-0.15, -0.1) is 11.3 Å². The number of carbonyl (C=O) groups is 3. The quantitative estimate of drug-likeness (QED) is 0.552. The first-order valence-corrected chi connectivity index (χ1v) is 9.68. The van der Waals surface area contributed by atoms with Gasteiger partial charge in [-0.25, -0.2) is 4.79 Å². The highest BCUT2D eigenvalue weighted by Crippen LogP contribution is 2.34. The lowest BCUT2D eigenvalue weighted by Crippen LogP contribution is -2.42. The summed E-state index contributed by atoms with van der Waals surface area (Å²) in [5.74, 6) is -1.27. The number of primary amides is 1. The zero-order chi connectivity index (χ0) is 20.3. The summed E-state index contributed by atoms with van der Waals surface area (Å²) in [5.41, 5.74) is 9.06. The fourth-order valence-corrected chi connectivity index (χ4v) is 3.77. The van der Waals surface area contributed by atoms with Crippen LogP contribution in [0.5, 0.6) is 0 Å². The van der Waals surface area contributed by atoms with Crippen molar-refractivity contribution in [2.75, 3.05) is 0 Å². The Labute approximate surface area is 165 Å². The Bertz CT molecular complexity index is 1020. The van der Waals surface area contributed by atoms with Crippen molar-refractivity contribution in [2.45, 2.75) is 32.8 Å². The summed E-state index contributed by atoms with van der Waals surface area (Å²) in [4.78, 5) is 39.1. The molecule has 3 aromatic rings. The van der Waals surface area contributed by atoms with Crippen LogP contribution in [0.1, 0.15) is 24.5 Å². The molecule has 3 amide bonds. The lowest BCUT2D eigenvalue weighted by atomic mass is 10.0. The van der Waals surface area contributed by atoms with Gasteiger partial charge in [-0.3, -0.25) is 14.9 Å². The normalized spacial score (nSPS) is 11.9. The molecule has 0 aliphatic rings. The summed E-state index contributed by atoms with van der Waals surface area (Å²) in [6.45, 7) is 3.41. The summed E-state index contributed by atoms with van der Waals surface area (Å²) in [5, 5.41) is 4.96. The van der Waals surface area contributed by atoms with Crippen molar-refractivity contribution in [1.29, 1.82) is 0 Å². The van der Waals surface area contributed by atoms with Gasteiger partial charge < -0.3 is 15.5 Å². The zero-order valence-electron chi connectivity index (χ0n) is 15.6. The number of esters is 1. The largest absolute Gasteiger partial charge is 0.453 e. The number of ether oxygens (including phenoxy) is 1. The topological polar surface area (TPSA) is 114 Å². The Morgan fingerprint density at radius 3 is 2.75 bits per heavy atom. The van der Waals surface area contributed by atoms with Gasteiger partial charge in [0.05, 0.1) is 10.6 Å². The number of imide groups is 1. The predicted octanol–water partition coefficient (Wildman–Crippen LogP) is 3.26. The van der Waals surface area contributed by atoms with Crippen LogP contribution in [0.15, 0.2) is 35.7 Å². The molecule has 0 bridgehead atoms. The second kappa shape index (κ2) is 8.26.